The highest BCUT2D eigenvalue weighted by atomic mass is 16.5. The number of Topliss-reactive ketones (excluding diaryl/α,β-unsaturated/α-hetero) is 1. The Kier molecular flexibility index (Phi) is 5.60. The molecule has 5 nitrogen and oxygen atoms in total. The van der Waals surface area contributed by atoms with Gasteiger partial charge in [-0.05, 0) is 30.7 Å². The number of ketones is 1. The second-order valence-electron chi connectivity index (χ2n) is 4.99. The SMILES string of the molecule is COc1cc(C(=O)C(CO)Oc2ccccc2OC)ccc1C. The Labute approximate surface area is 135 Å². The van der Waals surface area contributed by atoms with E-state index in [1.807, 2.05) is 6.92 Å². The van der Waals surface area contributed by atoms with E-state index in [2.05, 4.69) is 0 Å². The number of carbonyl (C=O) groups is 1. The molecule has 2 rings (SSSR count). The molecule has 0 radical (unpaired) electrons. The van der Waals surface area contributed by atoms with E-state index in [-0.39, 0.29) is 5.78 Å². The molecule has 0 aliphatic heterocycles. The molecule has 0 spiro atoms. The van der Waals surface area contributed by atoms with E-state index in [0.717, 1.165) is 5.56 Å². The zero-order valence-electron chi connectivity index (χ0n) is 13.4. The Balaban J connectivity index is 2.25. The van der Waals surface area contributed by atoms with E-state index in [0.29, 0.717) is 22.8 Å². The zero-order chi connectivity index (χ0) is 16.8. The zero-order valence-corrected chi connectivity index (χ0v) is 13.4. The van der Waals surface area contributed by atoms with Crippen LogP contribution in [0.2, 0.25) is 0 Å². The van der Waals surface area contributed by atoms with Gasteiger partial charge in [0, 0.05) is 5.56 Å². The van der Waals surface area contributed by atoms with E-state index in [1.165, 1.54) is 7.11 Å². The van der Waals surface area contributed by atoms with Crippen LogP contribution in [-0.2, 0) is 0 Å². The summed E-state index contributed by atoms with van der Waals surface area (Å²) in [5, 5.41) is 9.55. The van der Waals surface area contributed by atoms with Gasteiger partial charge >= 0.3 is 0 Å². The van der Waals surface area contributed by atoms with Gasteiger partial charge < -0.3 is 19.3 Å². The highest BCUT2D eigenvalue weighted by Gasteiger charge is 2.23. The summed E-state index contributed by atoms with van der Waals surface area (Å²) in [5.41, 5.74) is 1.34. The second kappa shape index (κ2) is 7.65. The minimum atomic E-state index is -1.02. The number of para-hydroxylation sites is 2. The molecule has 0 bridgehead atoms. The van der Waals surface area contributed by atoms with Crippen LogP contribution in [0.3, 0.4) is 0 Å². The Morgan fingerprint density at radius 3 is 2.30 bits per heavy atom. The third-order valence-electron chi connectivity index (χ3n) is 3.49. The summed E-state index contributed by atoms with van der Waals surface area (Å²) in [5.74, 6) is 1.20. The summed E-state index contributed by atoms with van der Waals surface area (Å²) >= 11 is 0. The largest absolute Gasteiger partial charge is 0.496 e. The van der Waals surface area contributed by atoms with Crippen molar-refractivity contribution in [2.24, 2.45) is 0 Å². The standard InChI is InChI=1S/C18H20O5/c1-12-8-9-13(10-16(12)22-3)18(20)17(11-19)23-15-7-5-4-6-14(15)21-2/h4-10,17,19H,11H2,1-3H3. The minimum Gasteiger partial charge on any atom is -0.496 e. The molecule has 0 amide bonds. The van der Waals surface area contributed by atoms with Crippen molar-refractivity contribution in [3.63, 3.8) is 0 Å². The van der Waals surface area contributed by atoms with Gasteiger partial charge in [0.25, 0.3) is 0 Å². The number of aryl methyl sites for hydroxylation is 1. The molecule has 1 N–H and O–H groups in total. The normalized spacial score (nSPS) is 11.7. The van der Waals surface area contributed by atoms with E-state index in [1.54, 1.807) is 49.6 Å². The number of hydrogen-bond acceptors (Lipinski definition) is 5. The van der Waals surface area contributed by atoms with Gasteiger partial charge in [0.05, 0.1) is 20.8 Å². The molecule has 2 aromatic carbocycles. The van der Waals surface area contributed by atoms with Gasteiger partial charge in [-0.1, -0.05) is 24.3 Å². The third kappa shape index (κ3) is 3.81. The van der Waals surface area contributed by atoms with Gasteiger partial charge in [-0.2, -0.15) is 0 Å². The molecule has 0 heterocycles. The first-order valence-corrected chi connectivity index (χ1v) is 7.20. The van der Waals surface area contributed by atoms with E-state index in [9.17, 15) is 9.90 Å². The van der Waals surface area contributed by atoms with Gasteiger partial charge in [-0.15, -0.1) is 0 Å². The fourth-order valence-electron chi connectivity index (χ4n) is 2.20. The third-order valence-corrected chi connectivity index (χ3v) is 3.49. The lowest BCUT2D eigenvalue weighted by atomic mass is 10.0. The molecule has 0 aliphatic rings. The van der Waals surface area contributed by atoms with Crippen LogP contribution in [0.25, 0.3) is 0 Å². The first kappa shape index (κ1) is 16.8. The van der Waals surface area contributed by atoms with Crippen LogP contribution in [0.5, 0.6) is 17.2 Å². The molecule has 1 unspecified atom stereocenters. The quantitative estimate of drug-likeness (QED) is 0.796. The maximum atomic E-state index is 12.6. The summed E-state index contributed by atoms with van der Waals surface area (Å²) in [6, 6.07) is 12.1. The van der Waals surface area contributed by atoms with Crippen molar-refractivity contribution < 1.29 is 24.1 Å². The lowest BCUT2D eigenvalue weighted by Gasteiger charge is -2.18. The highest BCUT2D eigenvalue weighted by Crippen LogP contribution is 2.28. The average molecular weight is 316 g/mol. The number of aliphatic hydroxyl groups is 1. The molecule has 0 fully saturated rings. The van der Waals surface area contributed by atoms with Crippen LogP contribution in [0.1, 0.15) is 15.9 Å². The second-order valence-corrected chi connectivity index (χ2v) is 4.99. The summed E-state index contributed by atoms with van der Waals surface area (Å²) in [7, 11) is 3.06. The summed E-state index contributed by atoms with van der Waals surface area (Å²) in [4.78, 5) is 12.6. The molecular formula is C18H20O5. The number of aliphatic hydroxyl groups excluding tert-OH is 1. The fourth-order valence-corrected chi connectivity index (χ4v) is 2.20. The number of hydrogen-bond donors (Lipinski definition) is 1. The van der Waals surface area contributed by atoms with Crippen molar-refractivity contribution in [2.75, 3.05) is 20.8 Å². The van der Waals surface area contributed by atoms with Crippen LogP contribution in [-0.4, -0.2) is 37.8 Å². The molecule has 2 aromatic rings. The number of methoxy groups -OCH3 is 2. The van der Waals surface area contributed by atoms with Crippen molar-refractivity contribution in [2.45, 2.75) is 13.0 Å². The topological polar surface area (TPSA) is 65.0 Å². The number of rotatable bonds is 7. The number of ether oxygens (including phenoxy) is 3. The Morgan fingerprint density at radius 2 is 1.70 bits per heavy atom. The summed E-state index contributed by atoms with van der Waals surface area (Å²) in [6.07, 6.45) is -1.02. The van der Waals surface area contributed by atoms with Gasteiger partial charge in [0.1, 0.15) is 5.75 Å². The monoisotopic (exact) mass is 316 g/mol. The lowest BCUT2D eigenvalue weighted by Crippen LogP contribution is -2.31. The van der Waals surface area contributed by atoms with Gasteiger partial charge in [-0.25, -0.2) is 0 Å². The van der Waals surface area contributed by atoms with Crippen LogP contribution < -0.4 is 14.2 Å². The lowest BCUT2D eigenvalue weighted by molar-refractivity contribution is 0.0651. The molecule has 0 saturated heterocycles. The van der Waals surface area contributed by atoms with E-state index in [4.69, 9.17) is 14.2 Å². The molecule has 23 heavy (non-hydrogen) atoms. The first-order chi connectivity index (χ1) is 11.1. The molecule has 0 saturated carbocycles. The van der Waals surface area contributed by atoms with Crippen molar-refractivity contribution in [3.8, 4) is 17.2 Å². The maximum Gasteiger partial charge on any atom is 0.205 e. The van der Waals surface area contributed by atoms with Crippen LogP contribution in [0.15, 0.2) is 42.5 Å². The first-order valence-electron chi connectivity index (χ1n) is 7.20. The van der Waals surface area contributed by atoms with Gasteiger partial charge in [-0.3, -0.25) is 4.79 Å². The van der Waals surface area contributed by atoms with Crippen LogP contribution in [0.4, 0.5) is 0 Å². The Bertz CT molecular complexity index is 681. The van der Waals surface area contributed by atoms with Crippen molar-refractivity contribution in [3.05, 3.63) is 53.6 Å². The molecule has 0 aromatic heterocycles. The molecule has 122 valence electrons. The van der Waals surface area contributed by atoms with E-state index < -0.39 is 12.7 Å². The van der Waals surface area contributed by atoms with Gasteiger partial charge in [0.15, 0.2) is 17.6 Å². The van der Waals surface area contributed by atoms with Crippen LogP contribution in [0, 0.1) is 6.92 Å². The van der Waals surface area contributed by atoms with Gasteiger partial charge in [0.2, 0.25) is 5.78 Å². The van der Waals surface area contributed by atoms with Crippen LogP contribution >= 0.6 is 0 Å². The predicted octanol–water partition coefficient (Wildman–Crippen LogP) is 2.63. The highest BCUT2D eigenvalue weighted by molar-refractivity contribution is 6.00. The van der Waals surface area contributed by atoms with Crippen molar-refractivity contribution >= 4 is 5.78 Å². The smallest absolute Gasteiger partial charge is 0.205 e. The van der Waals surface area contributed by atoms with Crippen molar-refractivity contribution in [1.82, 2.24) is 0 Å². The molecule has 0 aliphatic carbocycles. The summed E-state index contributed by atoms with van der Waals surface area (Å²) < 4.78 is 16.1. The average Bonchev–Trinajstić information content (AvgIpc) is 2.59. The fraction of sp³-hybridized carbons (Fsp3) is 0.278. The molecular weight excluding hydrogens is 296 g/mol. The number of benzene rings is 2. The molecule has 5 heteroatoms. The molecule has 1 atom stereocenters. The minimum absolute atomic E-state index is 0.322. The number of carbonyl (C=O) groups excluding carboxylic acids is 1. The Hall–Kier alpha value is -2.53. The van der Waals surface area contributed by atoms with E-state index >= 15 is 0 Å². The maximum absolute atomic E-state index is 12.6. The predicted molar refractivity (Wildman–Crippen MR) is 86.6 cm³/mol. The Morgan fingerprint density at radius 1 is 1.04 bits per heavy atom. The summed E-state index contributed by atoms with van der Waals surface area (Å²) in [6.45, 7) is 1.45. The van der Waals surface area contributed by atoms with Crippen molar-refractivity contribution in [1.29, 1.82) is 0 Å².